The first-order valence-electron chi connectivity index (χ1n) is 7.63. The minimum atomic E-state index is 0.425. The molecule has 0 spiro atoms. The molecule has 0 radical (unpaired) electrons. The first-order valence-corrected chi connectivity index (χ1v) is 7.63. The number of rotatable bonds is 2. The summed E-state index contributed by atoms with van der Waals surface area (Å²) >= 11 is 0. The molecule has 3 heteroatoms. The monoisotopic (exact) mass is 247 g/mol. The summed E-state index contributed by atoms with van der Waals surface area (Å²) in [6.45, 7) is 0. The lowest BCUT2D eigenvalue weighted by Crippen LogP contribution is -2.26. The molecule has 0 amide bonds. The summed E-state index contributed by atoms with van der Waals surface area (Å²) in [7, 11) is 0. The van der Waals surface area contributed by atoms with E-state index < -0.39 is 0 Å². The van der Waals surface area contributed by atoms with Gasteiger partial charge in [0.25, 0.3) is 0 Å². The summed E-state index contributed by atoms with van der Waals surface area (Å²) in [5, 5.41) is 0. The first kappa shape index (κ1) is 12.2. The van der Waals surface area contributed by atoms with Gasteiger partial charge in [-0.2, -0.15) is 0 Å². The third kappa shape index (κ3) is 2.61. The predicted octanol–water partition coefficient (Wildman–Crippen LogP) is 3.44. The third-order valence-electron chi connectivity index (χ3n) is 4.82. The van der Waals surface area contributed by atoms with Crippen LogP contribution in [0.15, 0.2) is 6.20 Å². The lowest BCUT2D eigenvalue weighted by Gasteiger charge is -2.24. The van der Waals surface area contributed by atoms with Crippen LogP contribution >= 0.6 is 0 Å². The number of nitrogens with one attached hydrogen (secondary N) is 1. The van der Waals surface area contributed by atoms with Crippen molar-refractivity contribution < 1.29 is 0 Å². The molecule has 0 atom stereocenters. The van der Waals surface area contributed by atoms with Crippen LogP contribution in [0.5, 0.6) is 0 Å². The SMILES string of the molecule is NC1CCC(c2ncc(C3CCCCC3)[nH]2)CC1. The molecule has 2 aliphatic rings. The zero-order valence-electron chi connectivity index (χ0n) is 11.2. The summed E-state index contributed by atoms with van der Waals surface area (Å²) in [5.74, 6) is 2.59. The Labute approximate surface area is 110 Å². The highest BCUT2D eigenvalue weighted by molar-refractivity contribution is 5.11. The Kier molecular flexibility index (Phi) is 3.69. The van der Waals surface area contributed by atoms with E-state index in [2.05, 4.69) is 16.2 Å². The molecule has 2 aliphatic carbocycles. The summed E-state index contributed by atoms with van der Waals surface area (Å²) in [4.78, 5) is 8.26. The Morgan fingerprint density at radius 2 is 1.67 bits per heavy atom. The van der Waals surface area contributed by atoms with Crippen molar-refractivity contribution in [2.75, 3.05) is 0 Å². The van der Waals surface area contributed by atoms with Crippen molar-refractivity contribution in [3.8, 4) is 0 Å². The Hall–Kier alpha value is -0.830. The van der Waals surface area contributed by atoms with Gasteiger partial charge in [-0.05, 0) is 38.5 Å². The van der Waals surface area contributed by atoms with Crippen LogP contribution < -0.4 is 5.73 Å². The molecule has 1 heterocycles. The van der Waals surface area contributed by atoms with Gasteiger partial charge >= 0.3 is 0 Å². The lowest BCUT2D eigenvalue weighted by molar-refractivity contribution is 0.385. The van der Waals surface area contributed by atoms with Gasteiger partial charge in [0.1, 0.15) is 5.82 Å². The second-order valence-electron chi connectivity index (χ2n) is 6.17. The van der Waals surface area contributed by atoms with E-state index >= 15 is 0 Å². The second-order valence-corrected chi connectivity index (χ2v) is 6.17. The van der Waals surface area contributed by atoms with Crippen molar-refractivity contribution in [1.82, 2.24) is 9.97 Å². The fourth-order valence-corrected chi connectivity index (χ4v) is 3.57. The van der Waals surface area contributed by atoms with Gasteiger partial charge in [-0.25, -0.2) is 4.98 Å². The molecule has 0 saturated heterocycles. The molecule has 0 unspecified atom stereocenters. The average Bonchev–Trinajstić information content (AvgIpc) is 2.90. The molecule has 0 aromatic carbocycles. The molecule has 1 aromatic rings. The van der Waals surface area contributed by atoms with Crippen molar-refractivity contribution in [2.24, 2.45) is 5.73 Å². The first-order chi connectivity index (χ1) is 8.83. The van der Waals surface area contributed by atoms with Crippen molar-refractivity contribution in [1.29, 1.82) is 0 Å². The minimum absolute atomic E-state index is 0.425. The van der Waals surface area contributed by atoms with Crippen LogP contribution in [0.1, 0.15) is 81.1 Å². The second kappa shape index (κ2) is 5.43. The molecule has 18 heavy (non-hydrogen) atoms. The molecule has 2 saturated carbocycles. The van der Waals surface area contributed by atoms with Crippen LogP contribution in [-0.2, 0) is 0 Å². The molecule has 1 aromatic heterocycles. The van der Waals surface area contributed by atoms with E-state index in [0.717, 1.165) is 18.8 Å². The highest BCUT2D eigenvalue weighted by Gasteiger charge is 2.24. The Bertz CT molecular complexity index is 371. The average molecular weight is 247 g/mol. The highest BCUT2D eigenvalue weighted by atomic mass is 14.9. The van der Waals surface area contributed by atoms with Crippen LogP contribution in [-0.4, -0.2) is 16.0 Å². The Morgan fingerprint density at radius 3 is 2.39 bits per heavy atom. The van der Waals surface area contributed by atoms with Crippen molar-refractivity contribution in [2.45, 2.75) is 75.7 Å². The third-order valence-corrected chi connectivity index (χ3v) is 4.82. The molecule has 3 nitrogen and oxygen atoms in total. The number of nitrogens with zero attached hydrogens (tertiary/aromatic N) is 1. The number of aromatic amines is 1. The van der Waals surface area contributed by atoms with Gasteiger partial charge in [0.05, 0.1) is 0 Å². The van der Waals surface area contributed by atoms with E-state index in [9.17, 15) is 0 Å². The lowest BCUT2D eigenvalue weighted by atomic mass is 9.86. The van der Waals surface area contributed by atoms with E-state index in [1.807, 2.05) is 0 Å². The largest absolute Gasteiger partial charge is 0.345 e. The Balaban J connectivity index is 1.65. The summed E-state index contributed by atoms with van der Waals surface area (Å²) in [6.07, 6.45) is 13.7. The topological polar surface area (TPSA) is 54.7 Å². The van der Waals surface area contributed by atoms with Crippen molar-refractivity contribution in [3.63, 3.8) is 0 Å². The van der Waals surface area contributed by atoms with Crippen LogP contribution in [0.4, 0.5) is 0 Å². The van der Waals surface area contributed by atoms with Crippen LogP contribution in [0.25, 0.3) is 0 Å². The summed E-state index contributed by atoms with van der Waals surface area (Å²) in [6, 6.07) is 0.425. The van der Waals surface area contributed by atoms with E-state index in [0.29, 0.717) is 12.0 Å². The normalized spacial score (nSPS) is 30.5. The number of imidazole rings is 1. The molecule has 0 aliphatic heterocycles. The number of H-pyrrole nitrogens is 1. The smallest absolute Gasteiger partial charge is 0.109 e. The molecular weight excluding hydrogens is 222 g/mol. The molecular formula is C15H25N3. The van der Waals surface area contributed by atoms with Crippen LogP contribution in [0.2, 0.25) is 0 Å². The predicted molar refractivity (Wildman–Crippen MR) is 73.6 cm³/mol. The fraction of sp³-hybridized carbons (Fsp3) is 0.800. The maximum Gasteiger partial charge on any atom is 0.109 e. The highest BCUT2D eigenvalue weighted by Crippen LogP contribution is 2.34. The number of aromatic nitrogens is 2. The maximum atomic E-state index is 5.97. The van der Waals surface area contributed by atoms with E-state index in [1.54, 1.807) is 0 Å². The van der Waals surface area contributed by atoms with Gasteiger partial charge in [0, 0.05) is 29.8 Å². The summed E-state index contributed by atoms with van der Waals surface area (Å²) in [5.41, 5.74) is 7.36. The van der Waals surface area contributed by atoms with Crippen LogP contribution in [0, 0.1) is 0 Å². The van der Waals surface area contributed by atoms with E-state index in [1.165, 1.54) is 56.5 Å². The number of hydrogen-bond acceptors (Lipinski definition) is 2. The van der Waals surface area contributed by atoms with Gasteiger partial charge in [-0.15, -0.1) is 0 Å². The molecule has 0 bridgehead atoms. The molecule has 2 fully saturated rings. The van der Waals surface area contributed by atoms with Crippen molar-refractivity contribution >= 4 is 0 Å². The summed E-state index contributed by atoms with van der Waals surface area (Å²) < 4.78 is 0. The number of nitrogens with two attached hydrogens (primary N) is 1. The van der Waals surface area contributed by atoms with Crippen LogP contribution in [0.3, 0.4) is 0 Å². The standard InChI is InChI=1S/C15H25N3/c16-13-8-6-12(7-9-13)15-17-10-14(18-15)11-4-2-1-3-5-11/h10-13H,1-9,16H2,(H,17,18). The van der Waals surface area contributed by atoms with Gasteiger partial charge in [0.15, 0.2) is 0 Å². The minimum Gasteiger partial charge on any atom is -0.345 e. The van der Waals surface area contributed by atoms with E-state index in [-0.39, 0.29) is 0 Å². The maximum absolute atomic E-state index is 5.97. The quantitative estimate of drug-likeness (QED) is 0.841. The zero-order chi connectivity index (χ0) is 12.4. The molecule has 3 rings (SSSR count). The molecule has 3 N–H and O–H groups in total. The molecule has 100 valence electrons. The zero-order valence-corrected chi connectivity index (χ0v) is 11.2. The number of hydrogen-bond donors (Lipinski definition) is 2. The van der Waals surface area contributed by atoms with E-state index in [4.69, 9.17) is 5.73 Å². The van der Waals surface area contributed by atoms with Gasteiger partial charge in [-0.3, -0.25) is 0 Å². The van der Waals surface area contributed by atoms with Gasteiger partial charge in [-0.1, -0.05) is 19.3 Å². The van der Waals surface area contributed by atoms with Gasteiger partial charge < -0.3 is 10.7 Å². The fourth-order valence-electron chi connectivity index (χ4n) is 3.57. The Morgan fingerprint density at radius 1 is 0.944 bits per heavy atom. The van der Waals surface area contributed by atoms with Crippen molar-refractivity contribution in [3.05, 3.63) is 17.7 Å². The van der Waals surface area contributed by atoms with Gasteiger partial charge in [0.2, 0.25) is 0 Å².